The zero-order valence-electron chi connectivity index (χ0n) is 18.4. The summed E-state index contributed by atoms with van der Waals surface area (Å²) in [5, 5.41) is 9.95. The van der Waals surface area contributed by atoms with Crippen molar-refractivity contribution in [2.75, 3.05) is 0 Å². The molecular formula is C26H23ClFN3O2S. The van der Waals surface area contributed by atoms with Crippen molar-refractivity contribution in [1.29, 1.82) is 0 Å². The minimum Gasteiger partial charge on any atom is -0.489 e. The van der Waals surface area contributed by atoms with Gasteiger partial charge < -0.3 is 20.7 Å². The largest absolute Gasteiger partial charge is 0.489 e. The molecule has 1 aliphatic rings. The average molecular weight is 496 g/mol. The van der Waals surface area contributed by atoms with Crippen molar-refractivity contribution in [2.45, 2.75) is 26.1 Å². The van der Waals surface area contributed by atoms with E-state index in [2.05, 4.69) is 16.0 Å². The number of rotatable bonds is 7. The summed E-state index contributed by atoms with van der Waals surface area (Å²) in [5.41, 5.74) is 3.39. The van der Waals surface area contributed by atoms with Crippen LogP contribution in [0, 0.1) is 5.82 Å². The summed E-state index contributed by atoms with van der Waals surface area (Å²) in [6, 6.07) is 21.0. The smallest absolute Gasteiger partial charge is 0.251 e. The van der Waals surface area contributed by atoms with Crippen LogP contribution in [0.1, 0.15) is 29.7 Å². The Hall–Kier alpha value is -3.42. The summed E-state index contributed by atoms with van der Waals surface area (Å²) in [5.74, 6) is -0.0537. The van der Waals surface area contributed by atoms with Gasteiger partial charge in [-0.05, 0) is 54.5 Å². The highest BCUT2D eigenvalue weighted by atomic mass is 35.5. The van der Waals surface area contributed by atoms with Gasteiger partial charge in [0, 0.05) is 17.8 Å². The second-order valence-electron chi connectivity index (χ2n) is 7.80. The maximum absolute atomic E-state index is 14.0. The van der Waals surface area contributed by atoms with E-state index in [1.807, 2.05) is 49.4 Å². The molecule has 0 radical (unpaired) electrons. The van der Waals surface area contributed by atoms with Crippen molar-refractivity contribution in [3.63, 3.8) is 0 Å². The molecule has 1 amide bonds. The molecule has 0 fully saturated rings. The lowest BCUT2D eigenvalue weighted by atomic mass is 9.95. The number of hydrogen-bond donors (Lipinski definition) is 3. The Kier molecular flexibility index (Phi) is 7.45. The van der Waals surface area contributed by atoms with E-state index in [1.165, 1.54) is 6.07 Å². The van der Waals surface area contributed by atoms with E-state index in [0.29, 0.717) is 39.3 Å². The Labute approximate surface area is 208 Å². The van der Waals surface area contributed by atoms with Crippen molar-refractivity contribution in [3.8, 4) is 5.75 Å². The Balaban J connectivity index is 1.49. The van der Waals surface area contributed by atoms with Gasteiger partial charge in [-0.15, -0.1) is 0 Å². The first kappa shape index (κ1) is 23.7. The van der Waals surface area contributed by atoms with Gasteiger partial charge in [0.15, 0.2) is 5.11 Å². The molecule has 3 aromatic rings. The second-order valence-corrected chi connectivity index (χ2v) is 8.61. The van der Waals surface area contributed by atoms with E-state index in [1.54, 1.807) is 24.3 Å². The minimum absolute atomic E-state index is 0.00664. The van der Waals surface area contributed by atoms with Crippen LogP contribution in [-0.4, -0.2) is 11.0 Å². The Morgan fingerprint density at radius 3 is 2.53 bits per heavy atom. The van der Waals surface area contributed by atoms with Crippen LogP contribution in [0.5, 0.6) is 5.75 Å². The first-order valence-electron chi connectivity index (χ1n) is 10.7. The molecule has 0 bridgehead atoms. The van der Waals surface area contributed by atoms with Gasteiger partial charge in [0.05, 0.1) is 16.6 Å². The number of ether oxygens (including phenoxy) is 1. The molecule has 5 nitrogen and oxygen atoms in total. The molecule has 0 aromatic heterocycles. The predicted molar refractivity (Wildman–Crippen MR) is 135 cm³/mol. The van der Waals surface area contributed by atoms with E-state index >= 15 is 0 Å². The molecular weight excluding hydrogens is 473 g/mol. The summed E-state index contributed by atoms with van der Waals surface area (Å²) in [7, 11) is 0. The molecule has 0 spiro atoms. The Morgan fingerprint density at radius 1 is 1.09 bits per heavy atom. The van der Waals surface area contributed by atoms with E-state index in [9.17, 15) is 9.18 Å². The van der Waals surface area contributed by atoms with Crippen LogP contribution in [0.3, 0.4) is 0 Å². The quantitative estimate of drug-likeness (QED) is 0.395. The fraction of sp³-hybridized carbons (Fsp3) is 0.154. The number of amides is 1. The summed E-state index contributed by atoms with van der Waals surface area (Å²) in [6.45, 7) is 2.25. The number of allylic oxidation sites excluding steroid dienone is 1. The molecule has 0 aliphatic carbocycles. The van der Waals surface area contributed by atoms with Gasteiger partial charge in [-0.25, -0.2) is 4.39 Å². The highest BCUT2D eigenvalue weighted by molar-refractivity contribution is 7.80. The lowest BCUT2D eigenvalue weighted by Gasteiger charge is -2.30. The first-order valence-corrected chi connectivity index (χ1v) is 11.5. The van der Waals surface area contributed by atoms with Crippen molar-refractivity contribution in [3.05, 3.63) is 112 Å². The van der Waals surface area contributed by atoms with Crippen LogP contribution >= 0.6 is 23.8 Å². The number of carbonyl (C=O) groups is 1. The third kappa shape index (κ3) is 5.55. The van der Waals surface area contributed by atoms with E-state index in [-0.39, 0.29) is 12.5 Å². The summed E-state index contributed by atoms with van der Waals surface area (Å²) in [4.78, 5) is 13.1. The molecule has 0 unspecified atom stereocenters. The number of nitrogens with one attached hydrogen (secondary N) is 3. The van der Waals surface area contributed by atoms with Gasteiger partial charge in [0.25, 0.3) is 5.91 Å². The molecule has 34 heavy (non-hydrogen) atoms. The monoisotopic (exact) mass is 495 g/mol. The van der Waals surface area contributed by atoms with E-state index < -0.39 is 11.9 Å². The van der Waals surface area contributed by atoms with Crippen LogP contribution in [0.4, 0.5) is 4.39 Å². The Morgan fingerprint density at radius 2 is 1.82 bits per heavy atom. The van der Waals surface area contributed by atoms with Gasteiger partial charge in [-0.2, -0.15) is 0 Å². The maximum atomic E-state index is 14.0. The van der Waals surface area contributed by atoms with Crippen LogP contribution in [0.2, 0.25) is 5.02 Å². The van der Waals surface area contributed by atoms with Crippen molar-refractivity contribution in [1.82, 2.24) is 16.0 Å². The van der Waals surface area contributed by atoms with Crippen molar-refractivity contribution in [2.24, 2.45) is 0 Å². The SMILES string of the molecule is CC1=C(C(=O)NCc2ccccc2)[C@H](c2ccc(OCc3c(F)cccc3Cl)cc2)NC(=S)N1. The average Bonchev–Trinajstić information content (AvgIpc) is 2.83. The molecule has 4 rings (SSSR count). The van der Waals surface area contributed by atoms with Crippen molar-refractivity contribution >= 4 is 34.8 Å². The molecule has 0 saturated heterocycles. The Bertz CT molecular complexity index is 1210. The molecule has 1 aliphatic heterocycles. The summed E-state index contributed by atoms with van der Waals surface area (Å²) in [6.07, 6.45) is 0. The third-order valence-electron chi connectivity index (χ3n) is 5.47. The van der Waals surface area contributed by atoms with Gasteiger partial charge >= 0.3 is 0 Å². The molecule has 1 atom stereocenters. The third-order valence-corrected chi connectivity index (χ3v) is 6.04. The van der Waals surface area contributed by atoms with Gasteiger partial charge in [0.1, 0.15) is 18.2 Å². The van der Waals surface area contributed by atoms with Gasteiger partial charge in [0.2, 0.25) is 0 Å². The standard InChI is InChI=1S/C26H23ClFN3O2S/c1-16-23(25(32)29-14-17-6-3-2-4-7-17)24(31-26(34)30-16)18-10-12-19(13-11-18)33-15-20-21(27)8-5-9-22(20)28/h2-13,24H,14-15H2,1H3,(H,29,32)(H2,30,31,34)/t24-/m0/s1. The number of thiocarbonyl (C=S) groups is 1. The second kappa shape index (κ2) is 10.7. The lowest BCUT2D eigenvalue weighted by Crippen LogP contribution is -2.46. The van der Waals surface area contributed by atoms with Crippen molar-refractivity contribution < 1.29 is 13.9 Å². The summed E-state index contributed by atoms with van der Waals surface area (Å²) >= 11 is 11.4. The van der Waals surface area contributed by atoms with Gasteiger partial charge in [-0.3, -0.25) is 4.79 Å². The fourth-order valence-corrected chi connectivity index (χ4v) is 4.19. The zero-order valence-corrected chi connectivity index (χ0v) is 20.0. The number of benzene rings is 3. The molecule has 1 heterocycles. The lowest BCUT2D eigenvalue weighted by molar-refractivity contribution is -0.118. The minimum atomic E-state index is -0.431. The molecule has 174 valence electrons. The highest BCUT2D eigenvalue weighted by Crippen LogP contribution is 2.29. The van der Waals surface area contributed by atoms with Crippen LogP contribution in [0.15, 0.2) is 84.1 Å². The molecule has 0 saturated carbocycles. The highest BCUT2D eigenvalue weighted by Gasteiger charge is 2.29. The summed E-state index contributed by atoms with van der Waals surface area (Å²) < 4.78 is 19.7. The number of carbonyl (C=O) groups excluding carboxylic acids is 1. The predicted octanol–water partition coefficient (Wildman–Crippen LogP) is 5.17. The zero-order chi connectivity index (χ0) is 24.1. The number of hydrogen-bond acceptors (Lipinski definition) is 3. The molecule has 3 N–H and O–H groups in total. The number of halogens is 2. The molecule has 3 aromatic carbocycles. The van der Waals surface area contributed by atoms with Crippen LogP contribution < -0.4 is 20.7 Å². The van der Waals surface area contributed by atoms with Crippen LogP contribution in [-0.2, 0) is 17.9 Å². The first-order chi connectivity index (χ1) is 16.4. The maximum Gasteiger partial charge on any atom is 0.251 e. The van der Waals surface area contributed by atoms with Gasteiger partial charge in [-0.1, -0.05) is 60.1 Å². The molecule has 8 heteroatoms. The van der Waals surface area contributed by atoms with E-state index in [4.69, 9.17) is 28.6 Å². The normalized spacial score (nSPS) is 15.4. The fourth-order valence-electron chi connectivity index (χ4n) is 3.70. The van der Waals surface area contributed by atoms with Crippen LogP contribution in [0.25, 0.3) is 0 Å². The topological polar surface area (TPSA) is 62.4 Å². The van der Waals surface area contributed by atoms with E-state index in [0.717, 1.165) is 11.1 Å².